The van der Waals surface area contributed by atoms with Crippen LogP contribution in [0.2, 0.25) is 5.02 Å². The van der Waals surface area contributed by atoms with Crippen molar-refractivity contribution < 1.29 is 32.1 Å². The summed E-state index contributed by atoms with van der Waals surface area (Å²) < 4.78 is 54.1. The maximum atomic E-state index is 11.8. The van der Waals surface area contributed by atoms with Gasteiger partial charge in [-0.05, 0) is 28.1 Å². The molecule has 0 aliphatic carbocycles. The summed E-state index contributed by atoms with van der Waals surface area (Å²) in [5.74, 6) is 0.611. The van der Waals surface area contributed by atoms with Crippen LogP contribution in [0.1, 0.15) is 11.7 Å². The zero-order valence-electron chi connectivity index (χ0n) is 19.1. The lowest BCUT2D eigenvalue weighted by Gasteiger charge is -2.21. The van der Waals surface area contributed by atoms with Crippen LogP contribution in [0.4, 0.5) is 0 Å². The monoisotopic (exact) mass is 604 g/mol. The molecule has 0 saturated carbocycles. The molecule has 0 fully saturated rings. The van der Waals surface area contributed by atoms with Gasteiger partial charge in [0.05, 0.1) is 29.3 Å². The van der Waals surface area contributed by atoms with Crippen LogP contribution >= 0.6 is 27.5 Å². The third kappa shape index (κ3) is 8.11. The van der Waals surface area contributed by atoms with Crippen LogP contribution in [0.25, 0.3) is 0 Å². The molecule has 0 amide bonds. The Morgan fingerprint density at radius 3 is 2.50 bits per heavy atom. The zero-order chi connectivity index (χ0) is 26.1. The highest BCUT2D eigenvalue weighted by Gasteiger charge is 2.27. The van der Waals surface area contributed by atoms with Gasteiger partial charge < -0.3 is 23.7 Å². The average Bonchev–Trinajstić information content (AvgIpc) is 2.84. The molecule has 16 heteroatoms. The van der Waals surface area contributed by atoms with Gasteiger partial charge in [-0.25, -0.2) is 20.1 Å². The summed E-state index contributed by atoms with van der Waals surface area (Å²) in [7, 11) is -1.27. The van der Waals surface area contributed by atoms with Crippen LogP contribution in [-0.4, -0.2) is 62.4 Å². The number of hydrogen-bond acceptors (Lipinski definition) is 11. The Hall–Kier alpha value is -2.82. The Bertz CT molecular complexity index is 1270. The van der Waals surface area contributed by atoms with Crippen LogP contribution in [0.5, 0.6) is 29.1 Å². The molecule has 0 aliphatic rings. The largest absolute Gasteiger partial charge is 0.497 e. The number of ether oxygens (including phenoxy) is 5. The minimum absolute atomic E-state index is 0.00956. The smallest absolute Gasteiger partial charge is 0.316 e. The molecule has 1 aromatic carbocycles. The second kappa shape index (κ2) is 12.9. The van der Waals surface area contributed by atoms with Gasteiger partial charge in [0, 0.05) is 25.6 Å². The number of nitrogens with one attached hydrogen (secondary N) is 1. The fraction of sp³-hybridized carbons (Fsp3) is 0.300. The Morgan fingerprint density at radius 2 is 1.83 bits per heavy atom. The molecular formula is C20H22BrClN6O7S. The first-order valence-corrected chi connectivity index (χ1v) is 12.8. The van der Waals surface area contributed by atoms with E-state index in [2.05, 4.69) is 40.6 Å². The van der Waals surface area contributed by atoms with Gasteiger partial charge in [-0.2, -0.15) is 18.1 Å². The van der Waals surface area contributed by atoms with Gasteiger partial charge >= 0.3 is 6.01 Å². The van der Waals surface area contributed by atoms with E-state index in [1.165, 1.54) is 39.0 Å². The molecule has 3 aromatic rings. The molecule has 3 rings (SSSR count). The minimum Gasteiger partial charge on any atom is -0.497 e. The minimum atomic E-state index is -4.14. The molecule has 3 N–H and O–H groups in total. The summed E-state index contributed by atoms with van der Waals surface area (Å²) in [6, 6.07) is 3.87. The standard InChI is InChI=1S/C20H22BrClN6O7S/c1-31-10-15(28-36(23,29)30)17-18(35-16-7-13(32-2)3-4-14(16)22)19(27-11-26-17)33-5-6-34-20-24-8-12(21)9-25-20/h3-4,7-9,11,15,28H,5-6,10H2,1-2H3,(H2,23,29,30). The molecule has 1 unspecified atom stereocenters. The van der Waals surface area contributed by atoms with E-state index in [1.54, 1.807) is 12.1 Å². The second-order valence-corrected chi connectivity index (χ2v) is 9.49. The highest BCUT2D eigenvalue weighted by molar-refractivity contribution is 9.10. The predicted octanol–water partition coefficient (Wildman–Crippen LogP) is 2.42. The first kappa shape index (κ1) is 27.8. The number of nitrogens with zero attached hydrogens (tertiary/aromatic N) is 4. The zero-order valence-corrected chi connectivity index (χ0v) is 22.2. The molecule has 0 radical (unpaired) electrons. The number of halogens is 2. The fourth-order valence-electron chi connectivity index (χ4n) is 2.80. The first-order chi connectivity index (χ1) is 17.2. The molecule has 2 heterocycles. The molecule has 13 nitrogen and oxygen atoms in total. The van der Waals surface area contributed by atoms with E-state index in [9.17, 15) is 8.42 Å². The maximum Gasteiger partial charge on any atom is 0.316 e. The summed E-state index contributed by atoms with van der Waals surface area (Å²) in [5, 5.41) is 5.44. The van der Waals surface area contributed by atoms with Gasteiger partial charge in [-0.3, -0.25) is 0 Å². The lowest BCUT2D eigenvalue weighted by molar-refractivity contribution is 0.171. The number of hydrogen-bond donors (Lipinski definition) is 2. The van der Waals surface area contributed by atoms with Crippen molar-refractivity contribution in [3.8, 4) is 29.1 Å². The summed E-state index contributed by atoms with van der Waals surface area (Å²) >= 11 is 9.55. The van der Waals surface area contributed by atoms with E-state index in [1.807, 2.05) is 0 Å². The topological polar surface area (TPSA) is 170 Å². The highest BCUT2D eigenvalue weighted by Crippen LogP contribution is 2.39. The number of benzene rings is 1. The molecule has 0 bridgehead atoms. The summed E-state index contributed by atoms with van der Waals surface area (Å²) in [4.78, 5) is 16.3. The lowest BCUT2D eigenvalue weighted by atomic mass is 10.2. The number of methoxy groups -OCH3 is 2. The normalized spacial score (nSPS) is 12.1. The van der Waals surface area contributed by atoms with E-state index in [4.69, 9.17) is 40.4 Å². The van der Waals surface area contributed by atoms with Crippen molar-refractivity contribution in [2.75, 3.05) is 34.0 Å². The van der Waals surface area contributed by atoms with E-state index >= 15 is 0 Å². The van der Waals surface area contributed by atoms with Crippen LogP contribution in [-0.2, 0) is 14.9 Å². The van der Waals surface area contributed by atoms with Gasteiger partial charge in [-0.1, -0.05) is 11.6 Å². The summed E-state index contributed by atoms with van der Waals surface area (Å²) in [6.07, 6.45) is 4.26. The second-order valence-electron chi connectivity index (χ2n) is 6.84. The van der Waals surface area contributed by atoms with Crippen LogP contribution in [0.3, 0.4) is 0 Å². The van der Waals surface area contributed by atoms with E-state index in [-0.39, 0.29) is 53.9 Å². The van der Waals surface area contributed by atoms with Crippen molar-refractivity contribution in [1.82, 2.24) is 24.7 Å². The van der Waals surface area contributed by atoms with Gasteiger partial charge in [0.2, 0.25) is 5.75 Å². The average molecular weight is 606 g/mol. The summed E-state index contributed by atoms with van der Waals surface area (Å²) in [6.45, 7) is -0.0496. The highest BCUT2D eigenvalue weighted by atomic mass is 79.9. The molecule has 1 atom stereocenters. The van der Waals surface area contributed by atoms with Crippen molar-refractivity contribution in [2.24, 2.45) is 5.14 Å². The third-order valence-corrected chi connectivity index (χ3v) is 5.60. The van der Waals surface area contributed by atoms with Crippen molar-refractivity contribution in [3.63, 3.8) is 0 Å². The predicted molar refractivity (Wildman–Crippen MR) is 132 cm³/mol. The van der Waals surface area contributed by atoms with Gasteiger partial charge in [-0.15, -0.1) is 0 Å². The van der Waals surface area contributed by atoms with Crippen molar-refractivity contribution in [1.29, 1.82) is 0 Å². The Kier molecular flexibility index (Phi) is 9.98. The molecule has 0 spiro atoms. The molecule has 36 heavy (non-hydrogen) atoms. The maximum absolute atomic E-state index is 11.8. The van der Waals surface area contributed by atoms with E-state index in [0.717, 1.165) is 0 Å². The molecule has 0 saturated heterocycles. The summed E-state index contributed by atoms with van der Waals surface area (Å²) in [5.41, 5.74) is 0.0897. The number of rotatable bonds is 13. The van der Waals surface area contributed by atoms with Crippen LogP contribution in [0.15, 0.2) is 41.4 Å². The van der Waals surface area contributed by atoms with Gasteiger partial charge in [0.1, 0.15) is 36.7 Å². The van der Waals surface area contributed by atoms with Crippen molar-refractivity contribution in [2.45, 2.75) is 6.04 Å². The number of nitrogens with two attached hydrogens (primary N) is 1. The lowest BCUT2D eigenvalue weighted by Crippen LogP contribution is -2.37. The first-order valence-electron chi connectivity index (χ1n) is 10.1. The Morgan fingerprint density at radius 1 is 1.11 bits per heavy atom. The van der Waals surface area contributed by atoms with Crippen molar-refractivity contribution >= 4 is 37.7 Å². The SMILES string of the molecule is COCC(NS(N)(=O)=O)c1ncnc(OCCOc2ncc(Br)cn2)c1Oc1cc(OC)ccc1Cl. The van der Waals surface area contributed by atoms with Crippen molar-refractivity contribution in [3.05, 3.63) is 52.1 Å². The van der Waals surface area contributed by atoms with E-state index < -0.39 is 16.3 Å². The molecular weight excluding hydrogens is 584 g/mol. The Balaban J connectivity index is 1.91. The van der Waals surface area contributed by atoms with Crippen LogP contribution < -0.4 is 28.8 Å². The number of aromatic nitrogens is 4. The van der Waals surface area contributed by atoms with Gasteiger partial charge in [0.25, 0.3) is 16.1 Å². The quantitative estimate of drug-likeness (QED) is 0.274. The van der Waals surface area contributed by atoms with E-state index in [0.29, 0.717) is 10.2 Å². The Labute approximate surface area is 220 Å². The third-order valence-electron chi connectivity index (χ3n) is 4.27. The molecule has 194 valence electrons. The molecule has 2 aromatic heterocycles. The van der Waals surface area contributed by atoms with Gasteiger partial charge in [0.15, 0.2) is 0 Å². The molecule has 0 aliphatic heterocycles. The fourth-order valence-corrected chi connectivity index (χ4v) is 3.73. The van der Waals surface area contributed by atoms with Crippen LogP contribution in [0, 0.1) is 0 Å².